The second kappa shape index (κ2) is 9.23. The van der Waals surface area contributed by atoms with E-state index in [4.69, 9.17) is 14.7 Å². The van der Waals surface area contributed by atoms with Crippen LogP contribution < -0.4 is 14.8 Å². The van der Waals surface area contributed by atoms with E-state index in [0.717, 1.165) is 5.56 Å². The Kier molecular flexibility index (Phi) is 6.75. The summed E-state index contributed by atoms with van der Waals surface area (Å²) in [4.78, 5) is 12.1. The van der Waals surface area contributed by atoms with Gasteiger partial charge in [-0.2, -0.15) is 5.26 Å². The van der Waals surface area contributed by atoms with Crippen molar-refractivity contribution < 1.29 is 18.7 Å². The van der Waals surface area contributed by atoms with Crippen LogP contribution in [0, 0.1) is 17.1 Å². The second-order valence-corrected chi connectivity index (χ2v) is 5.42. The standard InChI is InChI=1S/C20H19FN2O3/c1-25-18-7-6-14(12-19(18)26-2)8-9-23-20(24)16(13-22)10-15-4-3-5-17(21)11-15/h3-7,10-12H,8-9H2,1-2H3,(H,23,24)/b16-10+. The molecule has 0 unspecified atom stereocenters. The number of halogens is 1. The molecule has 0 atom stereocenters. The van der Waals surface area contributed by atoms with Crippen molar-refractivity contribution in [2.45, 2.75) is 6.42 Å². The molecule has 0 aliphatic heterocycles. The lowest BCUT2D eigenvalue weighted by molar-refractivity contribution is -0.117. The third-order valence-corrected chi connectivity index (χ3v) is 3.67. The molecule has 2 aromatic rings. The molecule has 1 amide bonds. The summed E-state index contributed by atoms with van der Waals surface area (Å²) >= 11 is 0. The largest absolute Gasteiger partial charge is 0.493 e. The highest BCUT2D eigenvalue weighted by atomic mass is 19.1. The maximum absolute atomic E-state index is 13.2. The van der Waals surface area contributed by atoms with Gasteiger partial charge in [-0.05, 0) is 47.9 Å². The zero-order chi connectivity index (χ0) is 18.9. The molecule has 0 aromatic heterocycles. The maximum Gasteiger partial charge on any atom is 0.261 e. The van der Waals surface area contributed by atoms with Crippen molar-refractivity contribution in [3.05, 3.63) is 65.0 Å². The van der Waals surface area contributed by atoms with Gasteiger partial charge in [0.05, 0.1) is 14.2 Å². The number of carbonyl (C=O) groups excluding carboxylic acids is 1. The maximum atomic E-state index is 13.2. The van der Waals surface area contributed by atoms with Crippen LogP contribution >= 0.6 is 0 Å². The van der Waals surface area contributed by atoms with E-state index in [2.05, 4.69) is 5.32 Å². The average molecular weight is 354 g/mol. The van der Waals surface area contributed by atoms with Crippen molar-refractivity contribution in [1.82, 2.24) is 5.32 Å². The lowest BCUT2D eigenvalue weighted by Gasteiger charge is -2.10. The molecule has 26 heavy (non-hydrogen) atoms. The molecular weight excluding hydrogens is 335 g/mol. The first-order chi connectivity index (χ1) is 12.6. The summed E-state index contributed by atoms with van der Waals surface area (Å²) in [7, 11) is 3.12. The van der Waals surface area contributed by atoms with E-state index in [1.807, 2.05) is 18.2 Å². The number of amides is 1. The van der Waals surface area contributed by atoms with Gasteiger partial charge in [0.25, 0.3) is 5.91 Å². The number of methoxy groups -OCH3 is 2. The molecule has 2 rings (SSSR count). The lowest BCUT2D eigenvalue weighted by Crippen LogP contribution is -2.26. The Labute approximate surface area is 151 Å². The fourth-order valence-corrected chi connectivity index (χ4v) is 2.36. The van der Waals surface area contributed by atoms with Crippen LogP contribution in [-0.4, -0.2) is 26.7 Å². The molecule has 0 saturated carbocycles. The molecule has 0 spiro atoms. The minimum absolute atomic E-state index is 0.0806. The highest BCUT2D eigenvalue weighted by molar-refractivity contribution is 6.01. The molecule has 0 radical (unpaired) electrons. The number of nitrogens with one attached hydrogen (secondary N) is 1. The second-order valence-electron chi connectivity index (χ2n) is 5.42. The summed E-state index contributed by atoms with van der Waals surface area (Å²) in [6.07, 6.45) is 1.92. The molecule has 6 heteroatoms. The fourth-order valence-electron chi connectivity index (χ4n) is 2.36. The van der Waals surface area contributed by atoms with Crippen LogP contribution in [0.2, 0.25) is 0 Å². The van der Waals surface area contributed by atoms with E-state index in [1.165, 1.54) is 24.3 Å². The summed E-state index contributed by atoms with van der Waals surface area (Å²) in [5, 5.41) is 11.9. The Balaban J connectivity index is 1.98. The normalized spacial score (nSPS) is 10.8. The molecule has 5 nitrogen and oxygen atoms in total. The Morgan fingerprint density at radius 1 is 1.19 bits per heavy atom. The van der Waals surface area contributed by atoms with Crippen molar-refractivity contribution in [2.75, 3.05) is 20.8 Å². The molecule has 1 N–H and O–H groups in total. The van der Waals surface area contributed by atoms with E-state index >= 15 is 0 Å². The van der Waals surface area contributed by atoms with Crippen LogP contribution in [-0.2, 0) is 11.2 Å². The van der Waals surface area contributed by atoms with Crippen LogP contribution in [0.3, 0.4) is 0 Å². The molecular formula is C20H19FN2O3. The molecule has 0 aliphatic carbocycles. The van der Waals surface area contributed by atoms with Gasteiger partial charge < -0.3 is 14.8 Å². The van der Waals surface area contributed by atoms with Gasteiger partial charge >= 0.3 is 0 Å². The monoisotopic (exact) mass is 354 g/mol. The Hall–Kier alpha value is -3.33. The number of nitriles is 1. The lowest BCUT2D eigenvalue weighted by atomic mass is 10.1. The van der Waals surface area contributed by atoms with E-state index in [1.54, 1.807) is 26.4 Å². The highest BCUT2D eigenvalue weighted by Crippen LogP contribution is 2.27. The van der Waals surface area contributed by atoms with E-state index < -0.39 is 11.7 Å². The first-order valence-corrected chi connectivity index (χ1v) is 7.94. The molecule has 0 fully saturated rings. The van der Waals surface area contributed by atoms with Crippen LogP contribution in [0.25, 0.3) is 6.08 Å². The molecule has 0 heterocycles. The number of benzene rings is 2. The van der Waals surface area contributed by atoms with Crippen molar-refractivity contribution in [1.29, 1.82) is 5.26 Å². The van der Waals surface area contributed by atoms with Gasteiger partial charge in [-0.1, -0.05) is 18.2 Å². The fraction of sp³-hybridized carbons (Fsp3) is 0.200. The number of rotatable bonds is 7. The zero-order valence-corrected chi connectivity index (χ0v) is 14.6. The first-order valence-electron chi connectivity index (χ1n) is 7.94. The van der Waals surface area contributed by atoms with E-state index in [-0.39, 0.29) is 5.57 Å². The van der Waals surface area contributed by atoms with E-state index in [9.17, 15) is 9.18 Å². The van der Waals surface area contributed by atoms with Gasteiger partial charge in [0.15, 0.2) is 11.5 Å². The van der Waals surface area contributed by atoms with Gasteiger partial charge in [-0.3, -0.25) is 4.79 Å². The van der Waals surface area contributed by atoms with Gasteiger partial charge in [0, 0.05) is 6.54 Å². The Bertz CT molecular complexity index is 856. The number of carbonyl (C=O) groups is 1. The Morgan fingerprint density at radius 2 is 1.96 bits per heavy atom. The number of ether oxygens (including phenoxy) is 2. The zero-order valence-electron chi connectivity index (χ0n) is 14.6. The van der Waals surface area contributed by atoms with Crippen LogP contribution in [0.15, 0.2) is 48.0 Å². The van der Waals surface area contributed by atoms with Crippen molar-refractivity contribution in [2.24, 2.45) is 0 Å². The number of hydrogen-bond acceptors (Lipinski definition) is 4. The summed E-state index contributed by atoms with van der Waals surface area (Å²) < 4.78 is 23.6. The first kappa shape index (κ1) is 19.0. The van der Waals surface area contributed by atoms with E-state index in [0.29, 0.717) is 30.0 Å². The molecule has 0 bridgehead atoms. The summed E-state index contributed by atoms with van der Waals surface area (Å²) in [6, 6.07) is 13.0. The third kappa shape index (κ3) is 5.08. The molecule has 134 valence electrons. The molecule has 0 saturated heterocycles. The van der Waals surface area contributed by atoms with Crippen LogP contribution in [0.5, 0.6) is 11.5 Å². The topological polar surface area (TPSA) is 71.3 Å². The Morgan fingerprint density at radius 3 is 2.62 bits per heavy atom. The van der Waals surface area contributed by atoms with Crippen molar-refractivity contribution >= 4 is 12.0 Å². The van der Waals surface area contributed by atoms with Gasteiger partial charge in [-0.15, -0.1) is 0 Å². The van der Waals surface area contributed by atoms with Crippen molar-refractivity contribution in [3.63, 3.8) is 0 Å². The van der Waals surface area contributed by atoms with Crippen LogP contribution in [0.1, 0.15) is 11.1 Å². The third-order valence-electron chi connectivity index (χ3n) is 3.67. The van der Waals surface area contributed by atoms with Gasteiger partial charge in [0.2, 0.25) is 0 Å². The number of hydrogen-bond donors (Lipinski definition) is 1. The van der Waals surface area contributed by atoms with Crippen molar-refractivity contribution in [3.8, 4) is 17.6 Å². The molecule has 0 aliphatic rings. The van der Waals surface area contributed by atoms with Crippen LogP contribution in [0.4, 0.5) is 4.39 Å². The summed E-state index contributed by atoms with van der Waals surface area (Å²) in [5.74, 6) is 0.312. The van der Waals surface area contributed by atoms with Gasteiger partial charge in [-0.25, -0.2) is 4.39 Å². The minimum atomic E-state index is -0.503. The average Bonchev–Trinajstić information content (AvgIpc) is 2.65. The quantitative estimate of drug-likeness (QED) is 0.613. The van der Waals surface area contributed by atoms with Gasteiger partial charge in [0.1, 0.15) is 17.5 Å². The summed E-state index contributed by atoms with van der Waals surface area (Å²) in [6.45, 7) is 0.344. The number of nitrogens with zero attached hydrogens (tertiary/aromatic N) is 1. The molecule has 2 aromatic carbocycles. The summed E-state index contributed by atoms with van der Waals surface area (Å²) in [5.41, 5.74) is 1.33. The minimum Gasteiger partial charge on any atom is -0.493 e. The SMILES string of the molecule is COc1ccc(CCNC(=O)/C(C#N)=C/c2cccc(F)c2)cc1OC. The predicted octanol–water partition coefficient (Wildman–Crippen LogP) is 3.11. The smallest absolute Gasteiger partial charge is 0.261 e. The predicted molar refractivity (Wildman–Crippen MR) is 96.2 cm³/mol. The highest BCUT2D eigenvalue weighted by Gasteiger charge is 2.09.